The van der Waals surface area contributed by atoms with Crippen molar-refractivity contribution in [3.8, 4) is 0 Å². The van der Waals surface area contributed by atoms with Crippen molar-refractivity contribution >= 4 is 11.6 Å². The molecular formula is C10H14N2O. The Morgan fingerprint density at radius 2 is 2.38 bits per heavy atom. The number of rotatable bonds is 2. The van der Waals surface area contributed by atoms with Gasteiger partial charge >= 0.3 is 0 Å². The predicted octanol–water partition coefficient (Wildman–Crippen LogP) is 1.77. The molecule has 1 amide bonds. The van der Waals surface area contributed by atoms with E-state index in [9.17, 15) is 4.79 Å². The first-order valence-corrected chi connectivity index (χ1v) is 4.43. The minimum absolute atomic E-state index is 0.0913. The third-order valence-corrected chi connectivity index (χ3v) is 1.76. The lowest BCUT2D eigenvalue weighted by molar-refractivity contribution is -0.117. The largest absolute Gasteiger partial charge is 0.268 e. The Hall–Kier alpha value is -1.38. The van der Waals surface area contributed by atoms with Gasteiger partial charge in [0.25, 0.3) is 5.91 Å². The van der Waals surface area contributed by atoms with Crippen molar-refractivity contribution in [2.24, 2.45) is 5.10 Å². The number of carbonyl (C=O) groups excluding carboxylic acids is 1. The predicted molar refractivity (Wildman–Crippen MR) is 53.4 cm³/mol. The van der Waals surface area contributed by atoms with Gasteiger partial charge in [0.15, 0.2) is 0 Å². The van der Waals surface area contributed by atoms with Crippen LogP contribution in [0.15, 0.2) is 28.9 Å². The zero-order valence-corrected chi connectivity index (χ0v) is 8.00. The summed E-state index contributed by atoms with van der Waals surface area (Å²) in [4.78, 5) is 11.2. The molecule has 3 heteroatoms. The quantitative estimate of drug-likeness (QED) is 0.643. The number of hydrazone groups is 1. The highest BCUT2D eigenvalue weighted by Gasteiger charge is 2.13. The second kappa shape index (κ2) is 4.60. The van der Waals surface area contributed by atoms with Crippen LogP contribution in [0.2, 0.25) is 0 Å². The van der Waals surface area contributed by atoms with E-state index >= 15 is 0 Å². The van der Waals surface area contributed by atoms with Crippen molar-refractivity contribution in [1.29, 1.82) is 0 Å². The summed E-state index contributed by atoms with van der Waals surface area (Å²) >= 11 is 0. The van der Waals surface area contributed by atoms with E-state index in [0.717, 1.165) is 17.7 Å². The topological polar surface area (TPSA) is 41.5 Å². The van der Waals surface area contributed by atoms with Crippen LogP contribution < -0.4 is 5.43 Å². The Balaban J connectivity index is 2.69. The van der Waals surface area contributed by atoms with E-state index in [4.69, 9.17) is 0 Å². The minimum Gasteiger partial charge on any atom is -0.268 e. The van der Waals surface area contributed by atoms with Crippen LogP contribution in [-0.2, 0) is 4.79 Å². The maximum Gasteiger partial charge on any atom is 0.267 e. The average Bonchev–Trinajstić information content (AvgIpc) is 2.11. The van der Waals surface area contributed by atoms with Gasteiger partial charge in [-0.05, 0) is 13.3 Å². The fraction of sp³-hybridized carbons (Fsp3) is 0.400. The summed E-state index contributed by atoms with van der Waals surface area (Å²) in [6.07, 6.45) is 7.41. The van der Waals surface area contributed by atoms with Crippen molar-refractivity contribution in [2.45, 2.75) is 26.7 Å². The van der Waals surface area contributed by atoms with Crippen molar-refractivity contribution in [3.05, 3.63) is 23.8 Å². The SMILES string of the molecule is CC/C=C\C=C1/CC(C)=NNC1=O. The molecule has 0 aliphatic carbocycles. The minimum atomic E-state index is -0.0913. The zero-order valence-electron chi connectivity index (χ0n) is 8.00. The van der Waals surface area contributed by atoms with E-state index < -0.39 is 0 Å². The fourth-order valence-corrected chi connectivity index (χ4v) is 1.07. The van der Waals surface area contributed by atoms with Gasteiger partial charge in [-0.1, -0.05) is 25.2 Å². The molecule has 0 fully saturated rings. The number of hydrogen-bond donors (Lipinski definition) is 1. The normalized spacial score (nSPS) is 20.6. The highest BCUT2D eigenvalue weighted by molar-refractivity contribution is 6.03. The molecule has 1 aliphatic heterocycles. The molecule has 1 aliphatic rings. The maximum absolute atomic E-state index is 11.2. The summed E-state index contributed by atoms with van der Waals surface area (Å²) in [6, 6.07) is 0. The second-order valence-electron chi connectivity index (χ2n) is 2.99. The van der Waals surface area contributed by atoms with Gasteiger partial charge in [0, 0.05) is 17.7 Å². The maximum atomic E-state index is 11.2. The van der Waals surface area contributed by atoms with Gasteiger partial charge in [-0.3, -0.25) is 4.79 Å². The molecule has 0 spiro atoms. The summed E-state index contributed by atoms with van der Waals surface area (Å²) in [7, 11) is 0. The van der Waals surface area contributed by atoms with Gasteiger partial charge in [-0.25, -0.2) is 5.43 Å². The van der Waals surface area contributed by atoms with Gasteiger partial charge in [0.1, 0.15) is 0 Å². The van der Waals surface area contributed by atoms with Crippen molar-refractivity contribution in [1.82, 2.24) is 5.43 Å². The first-order chi connectivity index (χ1) is 6.24. The van der Waals surface area contributed by atoms with Crippen LogP contribution in [0.5, 0.6) is 0 Å². The molecule has 0 radical (unpaired) electrons. The van der Waals surface area contributed by atoms with Crippen LogP contribution in [0.3, 0.4) is 0 Å². The molecule has 0 aromatic carbocycles. The van der Waals surface area contributed by atoms with Gasteiger partial charge in [0.2, 0.25) is 0 Å². The molecule has 70 valence electrons. The molecule has 1 N–H and O–H groups in total. The molecule has 0 atom stereocenters. The second-order valence-corrected chi connectivity index (χ2v) is 2.99. The van der Waals surface area contributed by atoms with Crippen molar-refractivity contribution in [3.63, 3.8) is 0 Å². The van der Waals surface area contributed by atoms with E-state index in [1.807, 2.05) is 25.2 Å². The summed E-state index contributed by atoms with van der Waals surface area (Å²) in [5, 5.41) is 3.84. The zero-order chi connectivity index (χ0) is 9.68. The first-order valence-electron chi connectivity index (χ1n) is 4.43. The molecule has 0 unspecified atom stereocenters. The number of amides is 1. The van der Waals surface area contributed by atoms with E-state index in [1.165, 1.54) is 0 Å². The summed E-state index contributed by atoms with van der Waals surface area (Å²) in [5.74, 6) is -0.0913. The average molecular weight is 178 g/mol. The van der Waals surface area contributed by atoms with Crippen LogP contribution >= 0.6 is 0 Å². The Morgan fingerprint density at radius 3 is 3.08 bits per heavy atom. The lowest BCUT2D eigenvalue weighted by atomic mass is 10.1. The summed E-state index contributed by atoms with van der Waals surface area (Å²) in [6.45, 7) is 3.96. The molecule has 0 saturated carbocycles. The Morgan fingerprint density at radius 1 is 1.62 bits per heavy atom. The highest BCUT2D eigenvalue weighted by atomic mass is 16.2. The van der Waals surface area contributed by atoms with Gasteiger partial charge < -0.3 is 0 Å². The molecule has 13 heavy (non-hydrogen) atoms. The lowest BCUT2D eigenvalue weighted by Crippen LogP contribution is -2.26. The molecule has 3 nitrogen and oxygen atoms in total. The molecule has 0 bridgehead atoms. The Labute approximate surface area is 78.2 Å². The first kappa shape index (κ1) is 9.71. The molecular weight excluding hydrogens is 164 g/mol. The van der Waals surface area contributed by atoms with Crippen LogP contribution in [0.25, 0.3) is 0 Å². The third kappa shape index (κ3) is 2.86. The van der Waals surface area contributed by atoms with Crippen LogP contribution in [0, 0.1) is 0 Å². The third-order valence-electron chi connectivity index (χ3n) is 1.76. The smallest absolute Gasteiger partial charge is 0.267 e. The molecule has 1 rings (SSSR count). The van der Waals surface area contributed by atoms with Crippen LogP contribution in [-0.4, -0.2) is 11.6 Å². The number of nitrogens with zero attached hydrogens (tertiary/aromatic N) is 1. The van der Waals surface area contributed by atoms with Gasteiger partial charge in [-0.15, -0.1) is 0 Å². The van der Waals surface area contributed by atoms with E-state index in [2.05, 4.69) is 17.5 Å². The van der Waals surface area contributed by atoms with E-state index in [1.54, 1.807) is 0 Å². The van der Waals surface area contributed by atoms with E-state index in [-0.39, 0.29) is 5.91 Å². The van der Waals surface area contributed by atoms with Crippen LogP contribution in [0.4, 0.5) is 0 Å². The Bertz CT molecular complexity index is 287. The number of hydrogen-bond acceptors (Lipinski definition) is 2. The molecule has 0 aromatic rings. The number of allylic oxidation sites excluding steroid dienone is 3. The molecule has 0 saturated heterocycles. The van der Waals surface area contributed by atoms with E-state index in [0.29, 0.717) is 6.42 Å². The lowest BCUT2D eigenvalue weighted by Gasteiger charge is -2.11. The summed E-state index contributed by atoms with van der Waals surface area (Å²) in [5.41, 5.74) is 4.17. The van der Waals surface area contributed by atoms with Crippen molar-refractivity contribution < 1.29 is 4.79 Å². The highest BCUT2D eigenvalue weighted by Crippen LogP contribution is 2.08. The van der Waals surface area contributed by atoms with Gasteiger partial charge in [-0.2, -0.15) is 5.10 Å². The standard InChI is InChI=1S/C10H14N2O/c1-3-4-5-6-9-7-8(2)11-12-10(9)13/h4-6H,3,7H2,1-2H3,(H,12,13)/b5-4-,9-6+. The van der Waals surface area contributed by atoms with Crippen LogP contribution in [0.1, 0.15) is 26.7 Å². The van der Waals surface area contributed by atoms with Crippen molar-refractivity contribution in [2.75, 3.05) is 0 Å². The molecule has 0 aromatic heterocycles. The van der Waals surface area contributed by atoms with Gasteiger partial charge in [0.05, 0.1) is 0 Å². The fourth-order valence-electron chi connectivity index (χ4n) is 1.07. The number of carbonyl (C=O) groups is 1. The summed E-state index contributed by atoms with van der Waals surface area (Å²) < 4.78 is 0. The number of nitrogens with one attached hydrogen (secondary N) is 1. The monoisotopic (exact) mass is 178 g/mol. The molecule has 1 heterocycles. The Kier molecular flexibility index (Phi) is 3.43.